The van der Waals surface area contributed by atoms with Gasteiger partial charge in [-0.25, -0.2) is 0 Å². The first kappa shape index (κ1) is 13.5. The third kappa shape index (κ3) is 1.69. The zero-order valence-corrected chi connectivity index (χ0v) is 12.3. The van der Waals surface area contributed by atoms with Gasteiger partial charge in [-0.2, -0.15) is 0 Å². The van der Waals surface area contributed by atoms with E-state index in [0.717, 1.165) is 5.69 Å². The highest BCUT2D eigenvalue weighted by molar-refractivity contribution is 6.02. The highest BCUT2D eigenvalue weighted by Crippen LogP contribution is 2.52. The molecule has 1 amide bonds. The number of hydrogen-bond donors (Lipinski definition) is 0. The van der Waals surface area contributed by atoms with Crippen molar-refractivity contribution in [2.24, 2.45) is 11.8 Å². The SMILES string of the molecule is CCOC(=O)C1C2C=CC3(CN(c4ccccc4)C(=O)C13)O2. The summed E-state index contributed by atoms with van der Waals surface area (Å²) in [6.45, 7) is 2.52. The highest BCUT2D eigenvalue weighted by Gasteiger charge is 2.67. The molecule has 3 heterocycles. The molecule has 0 radical (unpaired) electrons. The number of rotatable bonds is 3. The van der Waals surface area contributed by atoms with Crippen LogP contribution in [-0.2, 0) is 19.1 Å². The molecule has 4 rings (SSSR count). The summed E-state index contributed by atoms with van der Waals surface area (Å²) in [5.74, 6) is -1.42. The van der Waals surface area contributed by atoms with Gasteiger partial charge in [0.05, 0.1) is 25.2 Å². The molecule has 2 bridgehead atoms. The summed E-state index contributed by atoms with van der Waals surface area (Å²) in [7, 11) is 0. The van der Waals surface area contributed by atoms with Crippen molar-refractivity contribution in [3.8, 4) is 0 Å². The Morgan fingerprint density at radius 1 is 1.41 bits per heavy atom. The molecule has 5 nitrogen and oxygen atoms in total. The third-order valence-corrected chi connectivity index (χ3v) is 4.73. The van der Waals surface area contributed by atoms with Crippen molar-refractivity contribution in [3.63, 3.8) is 0 Å². The average Bonchev–Trinajstić information content (AvgIpc) is 3.17. The predicted octanol–water partition coefficient (Wildman–Crippen LogP) is 1.54. The number of nitrogens with zero attached hydrogens (tertiary/aromatic N) is 1. The molecule has 114 valence electrons. The minimum absolute atomic E-state index is 0.0592. The van der Waals surface area contributed by atoms with Crippen molar-refractivity contribution in [1.82, 2.24) is 0 Å². The van der Waals surface area contributed by atoms with Crippen LogP contribution in [0.1, 0.15) is 6.92 Å². The molecule has 0 aliphatic carbocycles. The molecule has 5 heteroatoms. The summed E-state index contributed by atoms with van der Waals surface area (Å²) in [4.78, 5) is 26.9. The number of anilines is 1. The number of fused-ring (bicyclic) bond motifs is 1. The van der Waals surface area contributed by atoms with E-state index < -0.39 is 17.4 Å². The smallest absolute Gasteiger partial charge is 0.312 e. The van der Waals surface area contributed by atoms with E-state index in [2.05, 4.69) is 0 Å². The van der Waals surface area contributed by atoms with E-state index in [9.17, 15) is 9.59 Å². The fourth-order valence-electron chi connectivity index (χ4n) is 3.83. The van der Waals surface area contributed by atoms with E-state index in [1.807, 2.05) is 42.5 Å². The van der Waals surface area contributed by atoms with Crippen molar-refractivity contribution in [2.45, 2.75) is 18.6 Å². The number of carbonyl (C=O) groups excluding carboxylic acids is 2. The number of amides is 1. The van der Waals surface area contributed by atoms with Gasteiger partial charge >= 0.3 is 5.97 Å². The van der Waals surface area contributed by atoms with E-state index in [1.165, 1.54) is 0 Å². The first-order valence-corrected chi connectivity index (χ1v) is 7.56. The second-order valence-electron chi connectivity index (χ2n) is 5.91. The standard InChI is InChI=1S/C17H17NO4/c1-2-21-16(20)13-12-8-9-17(22-12)10-18(15(19)14(13)17)11-6-4-3-5-7-11/h3-9,12-14H,2,10H2,1H3. The number of benzene rings is 1. The second kappa shape index (κ2) is 4.68. The molecule has 1 spiro atoms. The topological polar surface area (TPSA) is 55.8 Å². The Morgan fingerprint density at radius 2 is 2.18 bits per heavy atom. The maximum Gasteiger partial charge on any atom is 0.312 e. The van der Waals surface area contributed by atoms with Crippen molar-refractivity contribution < 1.29 is 19.1 Å². The van der Waals surface area contributed by atoms with E-state index in [0.29, 0.717) is 13.2 Å². The molecule has 1 aromatic rings. The molecule has 2 fully saturated rings. The predicted molar refractivity (Wildman–Crippen MR) is 79.2 cm³/mol. The van der Waals surface area contributed by atoms with Gasteiger partial charge in [0.25, 0.3) is 0 Å². The molecule has 3 aliphatic rings. The van der Waals surface area contributed by atoms with E-state index in [4.69, 9.17) is 9.47 Å². The normalized spacial score (nSPS) is 35.0. The minimum Gasteiger partial charge on any atom is -0.466 e. The Kier molecular flexibility index (Phi) is 2.87. The fourth-order valence-corrected chi connectivity index (χ4v) is 3.83. The molecule has 4 atom stereocenters. The van der Waals surface area contributed by atoms with Gasteiger partial charge in [0.2, 0.25) is 5.91 Å². The average molecular weight is 299 g/mol. The fraction of sp³-hybridized carbons (Fsp3) is 0.412. The number of para-hydroxylation sites is 1. The van der Waals surface area contributed by atoms with Gasteiger partial charge in [-0.15, -0.1) is 0 Å². The lowest BCUT2D eigenvalue weighted by Gasteiger charge is -2.22. The van der Waals surface area contributed by atoms with Crippen molar-refractivity contribution >= 4 is 17.6 Å². The minimum atomic E-state index is -0.685. The van der Waals surface area contributed by atoms with Crippen LogP contribution >= 0.6 is 0 Å². The number of hydrogen-bond acceptors (Lipinski definition) is 4. The first-order chi connectivity index (χ1) is 10.7. The largest absolute Gasteiger partial charge is 0.466 e. The molecular formula is C17H17NO4. The molecule has 3 aliphatic heterocycles. The van der Waals surface area contributed by atoms with Crippen LogP contribution < -0.4 is 4.90 Å². The van der Waals surface area contributed by atoms with Gasteiger partial charge in [0, 0.05) is 5.69 Å². The molecule has 1 aromatic carbocycles. The highest BCUT2D eigenvalue weighted by atomic mass is 16.6. The molecule has 22 heavy (non-hydrogen) atoms. The maximum atomic E-state index is 12.9. The van der Waals surface area contributed by atoms with E-state index in [1.54, 1.807) is 11.8 Å². The quantitative estimate of drug-likeness (QED) is 0.627. The summed E-state index contributed by atoms with van der Waals surface area (Å²) in [5.41, 5.74) is 0.147. The summed E-state index contributed by atoms with van der Waals surface area (Å²) in [5, 5.41) is 0. The van der Waals surface area contributed by atoms with Crippen LogP contribution in [0.15, 0.2) is 42.5 Å². The van der Waals surface area contributed by atoms with Crippen LogP contribution in [0, 0.1) is 11.8 Å². The first-order valence-electron chi connectivity index (χ1n) is 7.56. The zero-order valence-electron chi connectivity index (χ0n) is 12.3. The Bertz CT molecular complexity index is 656. The van der Waals surface area contributed by atoms with E-state index in [-0.39, 0.29) is 18.0 Å². The lowest BCUT2D eigenvalue weighted by molar-refractivity contribution is -0.151. The molecule has 0 saturated carbocycles. The molecule has 0 aromatic heterocycles. The van der Waals surface area contributed by atoms with Crippen LogP contribution in [0.4, 0.5) is 5.69 Å². The molecular weight excluding hydrogens is 282 g/mol. The Balaban J connectivity index is 1.69. The number of carbonyl (C=O) groups is 2. The Labute approximate surface area is 128 Å². The van der Waals surface area contributed by atoms with Gasteiger partial charge in [-0.1, -0.05) is 30.4 Å². The summed E-state index contributed by atoms with van der Waals surface area (Å²) < 4.78 is 11.2. The van der Waals surface area contributed by atoms with Crippen molar-refractivity contribution in [3.05, 3.63) is 42.5 Å². The molecule has 0 N–H and O–H groups in total. The van der Waals surface area contributed by atoms with Gasteiger partial charge < -0.3 is 14.4 Å². The summed E-state index contributed by atoms with van der Waals surface area (Å²) >= 11 is 0. The van der Waals surface area contributed by atoms with Gasteiger partial charge in [-0.05, 0) is 19.1 Å². The monoisotopic (exact) mass is 299 g/mol. The summed E-state index contributed by atoms with van der Waals surface area (Å²) in [6, 6.07) is 9.49. The lowest BCUT2D eigenvalue weighted by Crippen LogP contribution is -2.40. The third-order valence-electron chi connectivity index (χ3n) is 4.73. The molecule has 2 saturated heterocycles. The Morgan fingerprint density at radius 3 is 2.91 bits per heavy atom. The van der Waals surface area contributed by atoms with Crippen LogP contribution in [0.5, 0.6) is 0 Å². The number of esters is 1. The Hall–Kier alpha value is -2.14. The lowest BCUT2D eigenvalue weighted by atomic mass is 9.77. The van der Waals surface area contributed by atoms with Crippen LogP contribution in [-0.4, -0.2) is 36.7 Å². The van der Waals surface area contributed by atoms with Gasteiger partial charge in [0.15, 0.2) is 0 Å². The second-order valence-corrected chi connectivity index (χ2v) is 5.91. The summed E-state index contributed by atoms with van der Waals surface area (Å²) in [6.07, 6.45) is 3.49. The van der Waals surface area contributed by atoms with Gasteiger partial charge in [0.1, 0.15) is 11.5 Å². The van der Waals surface area contributed by atoms with Gasteiger partial charge in [-0.3, -0.25) is 9.59 Å². The van der Waals surface area contributed by atoms with Crippen molar-refractivity contribution in [2.75, 3.05) is 18.1 Å². The maximum absolute atomic E-state index is 12.9. The van der Waals surface area contributed by atoms with E-state index >= 15 is 0 Å². The molecule has 4 unspecified atom stereocenters. The van der Waals surface area contributed by atoms with Crippen LogP contribution in [0.3, 0.4) is 0 Å². The van der Waals surface area contributed by atoms with Crippen molar-refractivity contribution in [1.29, 1.82) is 0 Å². The van der Waals surface area contributed by atoms with Crippen LogP contribution in [0.25, 0.3) is 0 Å². The zero-order chi connectivity index (χ0) is 15.3. The number of ether oxygens (including phenoxy) is 2. The van der Waals surface area contributed by atoms with Crippen LogP contribution in [0.2, 0.25) is 0 Å².